The summed E-state index contributed by atoms with van der Waals surface area (Å²) in [6.45, 7) is 0.406. The molecular weight excluding hydrogens is 320 g/mol. The molecule has 25 heavy (non-hydrogen) atoms. The molecule has 0 saturated carbocycles. The Hall–Kier alpha value is -3.15. The molecule has 0 bridgehead atoms. The smallest absolute Gasteiger partial charge is 0.337 e. The van der Waals surface area contributed by atoms with Crippen LogP contribution in [-0.4, -0.2) is 31.4 Å². The quantitative estimate of drug-likeness (QED) is 0.479. The van der Waals surface area contributed by atoms with Gasteiger partial charge in [0.2, 0.25) is 0 Å². The monoisotopic (exact) mass is 340 g/mol. The highest BCUT2D eigenvalue weighted by Gasteiger charge is 2.14. The summed E-state index contributed by atoms with van der Waals surface area (Å²) in [6, 6.07) is 16.1. The van der Waals surface area contributed by atoms with Crippen LogP contribution in [0.1, 0.15) is 22.3 Å². The molecule has 130 valence electrons. The van der Waals surface area contributed by atoms with Crippen LogP contribution in [0.15, 0.2) is 54.6 Å². The summed E-state index contributed by atoms with van der Waals surface area (Å²) >= 11 is 0. The van der Waals surface area contributed by atoms with E-state index in [0.717, 1.165) is 12.8 Å². The standard InChI is InChI=1S/C19H20N2O4/c1-25-19(24)15-10-5-11-16(13-15)21-18(23)17(22)20-12-6-9-14-7-3-2-4-8-14/h2-5,7-8,10-11,13H,6,9,12H2,1H3,(H,20,22)(H,21,23). The van der Waals surface area contributed by atoms with Crippen LogP contribution in [0.3, 0.4) is 0 Å². The molecule has 0 spiro atoms. The molecule has 0 aliphatic heterocycles. The van der Waals surface area contributed by atoms with E-state index in [1.807, 2.05) is 30.3 Å². The lowest BCUT2D eigenvalue weighted by Crippen LogP contribution is -2.36. The van der Waals surface area contributed by atoms with E-state index in [-0.39, 0.29) is 0 Å². The van der Waals surface area contributed by atoms with Crippen molar-refractivity contribution < 1.29 is 19.1 Å². The van der Waals surface area contributed by atoms with Gasteiger partial charge in [0.25, 0.3) is 0 Å². The lowest BCUT2D eigenvalue weighted by Gasteiger charge is -2.07. The van der Waals surface area contributed by atoms with Gasteiger partial charge in [-0.2, -0.15) is 0 Å². The Morgan fingerprint density at radius 2 is 1.72 bits per heavy atom. The van der Waals surface area contributed by atoms with Crippen molar-refractivity contribution in [1.29, 1.82) is 0 Å². The van der Waals surface area contributed by atoms with Crippen molar-refractivity contribution in [2.24, 2.45) is 0 Å². The molecule has 2 aromatic carbocycles. The molecule has 0 radical (unpaired) electrons. The van der Waals surface area contributed by atoms with Crippen molar-refractivity contribution in [3.8, 4) is 0 Å². The summed E-state index contributed by atoms with van der Waals surface area (Å²) < 4.78 is 4.61. The topological polar surface area (TPSA) is 84.5 Å². The highest BCUT2D eigenvalue weighted by Crippen LogP contribution is 2.11. The maximum Gasteiger partial charge on any atom is 0.337 e. The first-order chi connectivity index (χ1) is 12.1. The van der Waals surface area contributed by atoms with Crippen LogP contribution in [0.2, 0.25) is 0 Å². The number of anilines is 1. The zero-order valence-electron chi connectivity index (χ0n) is 14.0. The predicted octanol–water partition coefficient (Wildman–Crippen LogP) is 2.16. The SMILES string of the molecule is COC(=O)c1cccc(NC(=O)C(=O)NCCCc2ccccc2)c1. The van der Waals surface area contributed by atoms with Crippen molar-refractivity contribution in [3.05, 3.63) is 65.7 Å². The minimum Gasteiger partial charge on any atom is -0.465 e. The third-order valence-corrected chi connectivity index (χ3v) is 3.52. The fourth-order valence-electron chi connectivity index (χ4n) is 2.25. The summed E-state index contributed by atoms with van der Waals surface area (Å²) in [7, 11) is 1.27. The number of hydrogen-bond donors (Lipinski definition) is 2. The van der Waals surface area contributed by atoms with Gasteiger partial charge in [-0.05, 0) is 36.6 Å². The molecule has 2 amide bonds. The number of hydrogen-bond acceptors (Lipinski definition) is 4. The number of carbonyl (C=O) groups is 3. The van der Waals surface area contributed by atoms with Crippen molar-refractivity contribution in [2.75, 3.05) is 19.0 Å². The van der Waals surface area contributed by atoms with Gasteiger partial charge in [0.05, 0.1) is 12.7 Å². The molecule has 2 aromatic rings. The summed E-state index contributed by atoms with van der Waals surface area (Å²) in [5.74, 6) is -2.00. The Kier molecular flexibility index (Phi) is 6.71. The molecule has 2 rings (SSSR count). The third-order valence-electron chi connectivity index (χ3n) is 3.52. The lowest BCUT2D eigenvalue weighted by molar-refractivity contribution is -0.136. The van der Waals surface area contributed by atoms with E-state index in [9.17, 15) is 14.4 Å². The van der Waals surface area contributed by atoms with Crippen LogP contribution < -0.4 is 10.6 Å². The summed E-state index contributed by atoms with van der Waals surface area (Å²) in [5, 5.41) is 5.04. The molecule has 6 nitrogen and oxygen atoms in total. The molecule has 2 N–H and O–H groups in total. The highest BCUT2D eigenvalue weighted by atomic mass is 16.5. The molecular formula is C19H20N2O4. The van der Waals surface area contributed by atoms with Gasteiger partial charge >= 0.3 is 17.8 Å². The average molecular weight is 340 g/mol. The van der Waals surface area contributed by atoms with Crippen LogP contribution in [-0.2, 0) is 20.7 Å². The van der Waals surface area contributed by atoms with Gasteiger partial charge in [0, 0.05) is 12.2 Å². The molecule has 0 aromatic heterocycles. The van der Waals surface area contributed by atoms with Gasteiger partial charge in [-0.25, -0.2) is 4.79 Å². The van der Waals surface area contributed by atoms with Crippen molar-refractivity contribution in [2.45, 2.75) is 12.8 Å². The molecule has 0 heterocycles. The Labute approximate surface area is 146 Å². The molecule has 0 fully saturated rings. The first kappa shape index (κ1) is 18.2. The van der Waals surface area contributed by atoms with E-state index in [0.29, 0.717) is 17.8 Å². The Morgan fingerprint density at radius 1 is 0.960 bits per heavy atom. The van der Waals surface area contributed by atoms with E-state index in [1.165, 1.54) is 18.7 Å². The Morgan fingerprint density at radius 3 is 2.44 bits per heavy atom. The van der Waals surface area contributed by atoms with Gasteiger partial charge in [0.15, 0.2) is 0 Å². The van der Waals surface area contributed by atoms with E-state index < -0.39 is 17.8 Å². The number of aryl methyl sites for hydroxylation is 1. The van der Waals surface area contributed by atoms with E-state index >= 15 is 0 Å². The number of methoxy groups -OCH3 is 1. The fraction of sp³-hybridized carbons (Fsp3) is 0.211. The maximum absolute atomic E-state index is 11.9. The highest BCUT2D eigenvalue weighted by molar-refractivity contribution is 6.39. The Bertz CT molecular complexity index is 744. The first-order valence-electron chi connectivity index (χ1n) is 7.91. The molecule has 0 aliphatic carbocycles. The molecule has 0 unspecified atom stereocenters. The van der Waals surface area contributed by atoms with Crippen LogP contribution in [0.25, 0.3) is 0 Å². The number of esters is 1. The molecule has 0 saturated heterocycles. The largest absolute Gasteiger partial charge is 0.465 e. The van der Waals surface area contributed by atoms with Crippen molar-refractivity contribution in [1.82, 2.24) is 5.32 Å². The van der Waals surface area contributed by atoms with Gasteiger partial charge in [-0.1, -0.05) is 36.4 Å². The predicted molar refractivity (Wildman–Crippen MR) is 94.2 cm³/mol. The minimum atomic E-state index is -0.776. The number of amides is 2. The van der Waals surface area contributed by atoms with Crippen LogP contribution in [0.4, 0.5) is 5.69 Å². The van der Waals surface area contributed by atoms with Crippen molar-refractivity contribution in [3.63, 3.8) is 0 Å². The number of rotatable bonds is 6. The summed E-state index contributed by atoms with van der Waals surface area (Å²) in [4.78, 5) is 35.2. The molecule has 0 atom stereocenters. The fourth-order valence-corrected chi connectivity index (χ4v) is 2.25. The first-order valence-corrected chi connectivity index (χ1v) is 7.91. The van der Waals surface area contributed by atoms with Crippen molar-refractivity contribution >= 4 is 23.5 Å². The summed E-state index contributed by atoms with van der Waals surface area (Å²) in [5.41, 5.74) is 1.83. The lowest BCUT2D eigenvalue weighted by atomic mass is 10.1. The average Bonchev–Trinajstić information content (AvgIpc) is 2.65. The van der Waals surface area contributed by atoms with E-state index in [4.69, 9.17) is 0 Å². The number of ether oxygens (including phenoxy) is 1. The normalized spacial score (nSPS) is 9.96. The number of benzene rings is 2. The van der Waals surface area contributed by atoms with Gasteiger partial charge < -0.3 is 15.4 Å². The molecule has 0 aliphatic rings. The number of carbonyl (C=O) groups excluding carboxylic acids is 3. The maximum atomic E-state index is 11.9. The van der Waals surface area contributed by atoms with E-state index in [2.05, 4.69) is 15.4 Å². The zero-order valence-corrected chi connectivity index (χ0v) is 14.0. The minimum absolute atomic E-state index is 0.295. The second kappa shape index (κ2) is 9.22. The van der Waals surface area contributed by atoms with Gasteiger partial charge in [0.1, 0.15) is 0 Å². The van der Waals surface area contributed by atoms with Gasteiger partial charge in [-0.15, -0.1) is 0 Å². The third kappa shape index (κ3) is 5.76. The zero-order chi connectivity index (χ0) is 18.1. The van der Waals surface area contributed by atoms with Gasteiger partial charge in [-0.3, -0.25) is 9.59 Å². The van der Waals surface area contributed by atoms with Crippen LogP contribution in [0.5, 0.6) is 0 Å². The van der Waals surface area contributed by atoms with Crippen LogP contribution >= 0.6 is 0 Å². The second-order valence-electron chi connectivity index (χ2n) is 5.37. The van der Waals surface area contributed by atoms with E-state index in [1.54, 1.807) is 18.2 Å². The second-order valence-corrected chi connectivity index (χ2v) is 5.37. The summed E-state index contributed by atoms with van der Waals surface area (Å²) in [6.07, 6.45) is 1.56. The molecule has 6 heteroatoms. The Balaban J connectivity index is 1.78. The number of nitrogens with one attached hydrogen (secondary N) is 2. The van der Waals surface area contributed by atoms with Crippen LogP contribution in [0, 0.1) is 0 Å².